The predicted molar refractivity (Wildman–Crippen MR) is 90.7 cm³/mol. The van der Waals surface area contributed by atoms with Crippen molar-refractivity contribution in [2.24, 2.45) is 5.92 Å². The molecule has 0 saturated heterocycles. The van der Waals surface area contributed by atoms with Crippen molar-refractivity contribution < 1.29 is 9.59 Å². The molecule has 0 aromatic heterocycles. The summed E-state index contributed by atoms with van der Waals surface area (Å²) in [5.74, 6) is -0.384. The highest BCUT2D eigenvalue weighted by Crippen LogP contribution is 2.28. The smallest absolute Gasteiger partial charge is 0.321 e. The summed E-state index contributed by atoms with van der Waals surface area (Å²) in [7, 11) is 7.00. The summed E-state index contributed by atoms with van der Waals surface area (Å²) in [6.07, 6.45) is 0. The Morgan fingerprint density at radius 3 is 2.45 bits per heavy atom. The van der Waals surface area contributed by atoms with E-state index in [2.05, 4.69) is 10.6 Å². The minimum absolute atomic E-state index is 0.101. The second-order valence-corrected chi connectivity index (χ2v) is 5.82. The Morgan fingerprint density at radius 2 is 1.91 bits per heavy atom. The molecule has 0 aliphatic rings. The SMILES string of the molecule is CNC(=O)C(C)CN(C)C(=O)Nc1cc(Cl)ccc1N(C)C. The molecule has 0 radical (unpaired) electrons. The zero-order valence-electron chi connectivity index (χ0n) is 13.6. The molecule has 122 valence electrons. The Bertz CT molecular complexity index is 548. The van der Waals surface area contributed by atoms with E-state index in [1.54, 1.807) is 33.2 Å². The summed E-state index contributed by atoms with van der Waals surface area (Å²) in [5.41, 5.74) is 1.48. The van der Waals surface area contributed by atoms with Crippen LogP contribution in [0.15, 0.2) is 18.2 Å². The third-order valence-electron chi connectivity index (χ3n) is 3.27. The lowest BCUT2D eigenvalue weighted by Crippen LogP contribution is -2.39. The monoisotopic (exact) mass is 326 g/mol. The topological polar surface area (TPSA) is 64.7 Å². The van der Waals surface area contributed by atoms with Crippen molar-refractivity contribution in [3.63, 3.8) is 0 Å². The Hall–Kier alpha value is -1.95. The van der Waals surface area contributed by atoms with Crippen LogP contribution in [0.1, 0.15) is 6.92 Å². The quantitative estimate of drug-likeness (QED) is 0.872. The van der Waals surface area contributed by atoms with Crippen LogP contribution in [0.25, 0.3) is 0 Å². The molecule has 0 aliphatic carbocycles. The van der Waals surface area contributed by atoms with Gasteiger partial charge in [0.15, 0.2) is 0 Å². The highest BCUT2D eigenvalue weighted by atomic mass is 35.5. The Morgan fingerprint density at radius 1 is 1.27 bits per heavy atom. The minimum atomic E-state index is -0.291. The number of amides is 3. The van der Waals surface area contributed by atoms with Crippen LogP contribution in [0.3, 0.4) is 0 Å². The van der Waals surface area contributed by atoms with Gasteiger partial charge in [-0.1, -0.05) is 18.5 Å². The van der Waals surface area contributed by atoms with Gasteiger partial charge in [0, 0.05) is 39.8 Å². The first-order chi connectivity index (χ1) is 10.3. The van der Waals surface area contributed by atoms with Gasteiger partial charge in [-0.25, -0.2) is 4.79 Å². The van der Waals surface area contributed by atoms with E-state index in [0.29, 0.717) is 17.3 Å². The molecule has 2 N–H and O–H groups in total. The highest BCUT2D eigenvalue weighted by Gasteiger charge is 2.18. The largest absolute Gasteiger partial charge is 0.376 e. The summed E-state index contributed by atoms with van der Waals surface area (Å²) < 4.78 is 0. The molecule has 1 aromatic carbocycles. The van der Waals surface area contributed by atoms with Crippen LogP contribution in [0.5, 0.6) is 0 Å². The van der Waals surface area contributed by atoms with Crippen molar-refractivity contribution in [1.29, 1.82) is 0 Å². The van der Waals surface area contributed by atoms with Crippen molar-refractivity contribution in [2.45, 2.75) is 6.92 Å². The zero-order chi connectivity index (χ0) is 16.9. The maximum absolute atomic E-state index is 12.3. The first-order valence-electron chi connectivity index (χ1n) is 6.96. The van der Waals surface area contributed by atoms with E-state index in [1.807, 2.05) is 25.1 Å². The van der Waals surface area contributed by atoms with Gasteiger partial charge in [-0.2, -0.15) is 0 Å². The molecule has 0 fully saturated rings. The summed E-state index contributed by atoms with van der Waals surface area (Å²) in [6.45, 7) is 2.09. The number of halogens is 1. The van der Waals surface area contributed by atoms with Gasteiger partial charge in [-0.05, 0) is 18.2 Å². The number of benzene rings is 1. The number of carbonyl (C=O) groups is 2. The number of rotatable bonds is 5. The number of hydrogen-bond acceptors (Lipinski definition) is 3. The van der Waals surface area contributed by atoms with Crippen LogP contribution < -0.4 is 15.5 Å². The molecule has 1 aromatic rings. The van der Waals surface area contributed by atoms with Gasteiger partial charge in [0.2, 0.25) is 5.91 Å². The Balaban J connectivity index is 2.80. The van der Waals surface area contributed by atoms with Crippen LogP contribution in [0, 0.1) is 5.92 Å². The molecule has 6 nitrogen and oxygen atoms in total. The van der Waals surface area contributed by atoms with E-state index in [1.165, 1.54) is 4.90 Å². The Kier molecular flexibility index (Phi) is 6.49. The fraction of sp³-hybridized carbons (Fsp3) is 0.467. The summed E-state index contributed by atoms with van der Waals surface area (Å²) in [4.78, 5) is 27.1. The van der Waals surface area contributed by atoms with Gasteiger partial charge in [0.25, 0.3) is 0 Å². The zero-order valence-corrected chi connectivity index (χ0v) is 14.4. The molecule has 1 unspecified atom stereocenters. The van der Waals surface area contributed by atoms with E-state index in [-0.39, 0.29) is 17.9 Å². The molecule has 0 saturated carbocycles. The van der Waals surface area contributed by atoms with Gasteiger partial charge in [-0.3, -0.25) is 4.79 Å². The number of hydrogen-bond donors (Lipinski definition) is 2. The fourth-order valence-corrected chi connectivity index (χ4v) is 2.20. The number of nitrogens with one attached hydrogen (secondary N) is 2. The molecule has 0 bridgehead atoms. The van der Waals surface area contributed by atoms with Crippen LogP contribution in [0.4, 0.5) is 16.2 Å². The summed E-state index contributed by atoms with van der Waals surface area (Å²) >= 11 is 5.99. The first kappa shape index (κ1) is 18.1. The molecular weight excluding hydrogens is 304 g/mol. The van der Waals surface area contributed by atoms with Crippen molar-refractivity contribution in [1.82, 2.24) is 10.2 Å². The molecule has 0 heterocycles. The summed E-state index contributed by atoms with van der Waals surface area (Å²) in [6, 6.07) is 5.01. The maximum atomic E-state index is 12.3. The van der Waals surface area contributed by atoms with E-state index >= 15 is 0 Å². The molecule has 22 heavy (non-hydrogen) atoms. The molecule has 7 heteroatoms. The van der Waals surface area contributed by atoms with E-state index in [4.69, 9.17) is 11.6 Å². The van der Waals surface area contributed by atoms with Crippen LogP contribution in [-0.4, -0.2) is 51.6 Å². The Labute approximate surface area is 136 Å². The molecule has 3 amide bonds. The van der Waals surface area contributed by atoms with Crippen molar-refractivity contribution in [3.8, 4) is 0 Å². The van der Waals surface area contributed by atoms with Crippen LogP contribution in [-0.2, 0) is 4.79 Å². The number of nitrogens with zero attached hydrogens (tertiary/aromatic N) is 2. The number of anilines is 2. The average Bonchev–Trinajstić information content (AvgIpc) is 2.45. The predicted octanol–water partition coefficient (Wildman–Crippen LogP) is 2.25. The van der Waals surface area contributed by atoms with Crippen molar-refractivity contribution in [2.75, 3.05) is 45.0 Å². The molecule has 1 rings (SSSR count). The fourth-order valence-electron chi connectivity index (χ4n) is 2.03. The minimum Gasteiger partial charge on any atom is -0.376 e. The lowest BCUT2D eigenvalue weighted by atomic mass is 10.1. The number of carbonyl (C=O) groups excluding carboxylic acids is 2. The number of urea groups is 1. The average molecular weight is 327 g/mol. The summed E-state index contributed by atoms with van der Waals surface area (Å²) in [5, 5.41) is 5.94. The molecular formula is C15H23ClN4O2. The second kappa shape index (κ2) is 7.89. The van der Waals surface area contributed by atoms with Crippen molar-refractivity contribution >= 4 is 34.9 Å². The van der Waals surface area contributed by atoms with Crippen LogP contribution >= 0.6 is 11.6 Å². The first-order valence-corrected chi connectivity index (χ1v) is 7.34. The van der Waals surface area contributed by atoms with E-state index < -0.39 is 0 Å². The highest BCUT2D eigenvalue weighted by molar-refractivity contribution is 6.31. The van der Waals surface area contributed by atoms with Crippen molar-refractivity contribution in [3.05, 3.63) is 23.2 Å². The third kappa shape index (κ3) is 4.80. The standard InChI is InChI=1S/C15H23ClN4O2/c1-10(14(21)17-2)9-20(5)15(22)18-12-8-11(16)6-7-13(12)19(3)4/h6-8,10H,9H2,1-5H3,(H,17,21)(H,18,22). The molecule has 0 aliphatic heterocycles. The van der Waals surface area contributed by atoms with Gasteiger partial charge < -0.3 is 20.4 Å². The van der Waals surface area contributed by atoms with Gasteiger partial charge in [-0.15, -0.1) is 0 Å². The van der Waals surface area contributed by atoms with Crippen LogP contribution in [0.2, 0.25) is 5.02 Å². The van der Waals surface area contributed by atoms with E-state index in [9.17, 15) is 9.59 Å². The lowest BCUT2D eigenvalue weighted by Gasteiger charge is -2.23. The normalized spacial score (nSPS) is 11.5. The maximum Gasteiger partial charge on any atom is 0.321 e. The van der Waals surface area contributed by atoms with Gasteiger partial charge >= 0.3 is 6.03 Å². The van der Waals surface area contributed by atoms with Gasteiger partial charge in [0.05, 0.1) is 17.3 Å². The second-order valence-electron chi connectivity index (χ2n) is 5.38. The molecule has 1 atom stereocenters. The van der Waals surface area contributed by atoms with Gasteiger partial charge in [0.1, 0.15) is 0 Å². The van der Waals surface area contributed by atoms with E-state index in [0.717, 1.165) is 5.69 Å². The lowest BCUT2D eigenvalue weighted by molar-refractivity contribution is -0.124. The molecule has 0 spiro atoms. The third-order valence-corrected chi connectivity index (χ3v) is 3.51.